The van der Waals surface area contributed by atoms with Gasteiger partial charge in [0.05, 0.1) is 11.6 Å². The van der Waals surface area contributed by atoms with E-state index in [0.29, 0.717) is 5.56 Å². The monoisotopic (exact) mass is 351 g/mol. The summed E-state index contributed by atoms with van der Waals surface area (Å²) in [6, 6.07) is 31.7. The number of benzene rings is 3. The number of hydrogen-bond acceptors (Lipinski definition) is 1. The molecule has 0 saturated carbocycles. The van der Waals surface area contributed by atoms with E-state index in [1.807, 2.05) is 18.2 Å². The van der Waals surface area contributed by atoms with Crippen LogP contribution in [0.1, 0.15) is 41.5 Å². The SMILES string of the molecule is C=CCC(CCCc1ccc(C#N)cc1)(c1ccccc1)c1ccccc1. The Morgan fingerprint density at radius 3 is 1.85 bits per heavy atom. The van der Waals surface area contributed by atoms with Crippen molar-refractivity contribution in [2.45, 2.75) is 31.1 Å². The molecule has 0 radical (unpaired) electrons. The van der Waals surface area contributed by atoms with Gasteiger partial charge in [0.15, 0.2) is 0 Å². The van der Waals surface area contributed by atoms with Crippen molar-refractivity contribution in [2.75, 3.05) is 0 Å². The summed E-state index contributed by atoms with van der Waals surface area (Å²) in [4.78, 5) is 0. The number of aryl methyl sites for hydroxylation is 1. The van der Waals surface area contributed by atoms with Gasteiger partial charge in [0.2, 0.25) is 0 Å². The van der Waals surface area contributed by atoms with Gasteiger partial charge in [0.1, 0.15) is 0 Å². The Hall–Kier alpha value is -3.11. The summed E-state index contributed by atoms with van der Waals surface area (Å²) in [6.07, 6.45) is 6.08. The minimum absolute atomic E-state index is 0.0587. The van der Waals surface area contributed by atoms with Crippen LogP contribution in [-0.4, -0.2) is 0 Å². The van der Waals surface area contributed by atoms with E-state index in [0.717, 1.165) is 25.7 Å². The third-order valence-corrected chi connectivity index (χ3v) is 5.30. The molecule has 0 fully saturated rings. The largest absolute Gasteiger partial charge is 0.192 e. The fourth-order valence-corrected chi connectivity index (χ4v) is 3.89. The smallest absolute Gasteiger partial charge is 0.0991 e. The molecular weight excluding hydrogens is 326 g/mol. The highest BCUT2D eigenvalue weighted by Gasteiger charge is 2.32. The molecule has 0 aliphatic rings. The normalized spacial score (nSPS) is 10.9. The third-order valence-electron chi connectivity index (χ3n) is 5.30. The van der Waals surface area contributed by atoms with Gasteiger partial charge in [0.25, 0.3) is 0 Å². The molecule has 0 aliphatic carbocycles. The van der Waals surface area contributed by atoms with E-state index in [2.05, 4.69) is 85.4 Å². The van der Waals surface area contributed by atoms with Gasteiger partial charge in [0, 0.05) is 5.41 Å². The molecule has 3 aromatic carbocycles. The maximum Gasteiger partial charge on any atom is 0.0991 e. The molecule has 0 bridgehead atoms. The van der Waals surface area contributed by atoms with E-state index < -0.39 is 0 Å². The molecule has 0 N–H and O–H groups in total. The van der Waals surface area contributed by atoms with E-state index in [-0.39, 0.29) is 5.41 Å². The van der Waals surface area contributed by atoms with Gasteiger partial charge >= 0.3 is 0 Å². The van der Waals surface area contributed by atoms with E-state index >= 15 is 0 Å². The average Bonchev–Trinajstić information content (AvgIpc) is 2.75. The number of nitrogens with zero attached hydrogens (tertiary/aromatic N) is 1. The lowest BCUT2D eigenvalue weighted by molar-refractivity contribution is 0.459. The molecule has 0 unspecified atom stereocenters. The molecule has 0 aliphatic heterocycles. The molecule has 27 heavy (non-hydrogen) atoms. The van der Waals surface area contributed by atoms with E-state index in [1.165, 1.54) is 16.7 Å². The first-order chi connectivity index (χ1) is 13.3. The van der Waals surface area contributed by atoms with Crippen LogP contribution in [0.5, 0.6) is 0 Å². The van der Waals surface area contributed by atoms with Crippen molar-refractivity contribution < 1.29 is 0 Å². The summed E-state index contributed by atoms with van der Waals surface area (Å²) in [5.41, 5.74) is 4.62. The van der Waals surface area contributed by atoms with Crippen LogP contribution in [0.3, 0.4) is 0 Å². The molecule has 0 spiro atoms. The average molecular weight is 351 g/mol. The van der Waals surface area contributed by atoms with Crippen molar-refractivity contribution in [1.82, 2.24) is 0 Å². The third kappa shape index (κ3) is 4.36. The van der Waals surface area contributed by atoms with Crippen LogP contribution in [0.15, 0.2) is 97.6 Å². The van der Waals surface area contributed by atoms with Gasteiger partial charge < -0.3 is 0 Å². The summed E-state index contributed by atoms with van der Waals surface area (Å²) in [7, 11) is 0. The van der Waals surface area contributed by atoms with Crippen molar-refractivity contribution in [1.29, 1.82) is 5.26 Å². The van der Waals surface area contributed by atoms with Crippen molar-refractivity contribution >= 4 is 0 Å². The zero-order valence-corrected chi connectivity index (χ0v) is 15.6. The van der Waals surface area contributed by atoms with Crippen molar-refractivity contribution in [2.24, 2.45) is 0 Å². The van der Waals surface area contributed by atoms with Crippen LogP contribution in [0.4, 0.5) is 0 Å². The van der Waals surface area contributed by atoms with Crippen molar-refractivity contribution in [3.8, 4) is 6.07 Å². The molecule has 0 atom stereocenters. The molecule has 1 nitrogen and oxygen atoms in total. The zero-order chi connectivity index (χ0) is 19.0. The Kier molecular flexibility index (Phi) is 6.23. The highest BCUT2D eigenvalue weighted by atomic mass is 14.3. The molecule has 0 amide bonds. The molecule has 3 aromatic rings. The number of allylic oxidation sites excluding steroid dienone is 1. The summed E-state index contributed by atoms with van der Waals surface area (Å²) >= 11 is 0. The highest BCUT2D eigenvalue weighted by molar-refractivity contribution is 5.40. The van der Waals surface area contributed by atoms with Gasteiger partial charge in [-0.3, -0.25) is 0 Å². The first kappa shape index (κ1) is 18.7. The Morgan fingerprint density at radius 2 is 1.37 bits per heavy atom. The van der Waals surface area contributed by atoms with Crippen LogP contribution in [0, 0.1) is 11.3 Å². The summed E-state index contributed by atoms with van der Waals surface area (Å²) in [6.45, 7) is 4.05. The molecule has 0 saturated heterocycles. The van der Waals surface area contributed by atoms with E-state index in [1.54, 1.807) is 0 Å². The second-order valence-electron chi connectivity index (χ2n) is 6.97. The highest BCUT2D eigenvalue weighted by Crippen LogP contribution is 2.40. The second kappa shape index (κ2) is 9.01. The van der Waals surface area contributed by atoms with Crippen LogP contribution >= 0.6 is 0 Å². The minimum Gasteiger partial charge on any atom is -0.192 e. The molecule has 134 valence electrons. The predicted molar refractivity (Wildman–Crippen MR) is 113 cm³/mol. The fraction of sp³-hybridized carbons (Fsp3) is 0.192. The van der Waals surface area contributed by atoms with Gasteiger partial charge in [-0.1, -0.05) is 78.9 Å². The Balaban J connectivity index is 1.87. The minimum atomic E-state index is -0.0587. The maximum absolute atomic E-state index is 8.96. The quantitative estimate of drug-likeness (QED) is 0.428. The van der Waals surface area contributed by atoms with Gasteiger partial charge in [-0.15, -0.1) is 6.58 Å². The molecule has 0 aromatic heterocycles. The maximum atomic E-state index is 8.96. The Bertz CT molecular complexity index is 847. The number of nitriles is 1. The van der Waals surface area contributed by atoms with Crippen LogP contribution in [0.2, 0.25) is 0 Å². The number of hydrogen-bond donors (Lipinski definition) is 0. The molecule has 3 rings (SSSR count). The first-order valence-corrected chi connectivity index (χ1v) is 9.49. The van der Waals surface area contributed by atoms with Gasteiger partial charge in [-0.05, 0) is 54.5 Å². The number of rotatable bonds is 8. The van der Waals surface area contributed by atoms with Crippen molar-refractivity contribution in [3.05, 3.63) is 120 Å². The Morgan fingerprint density at radius 1 is 0.815 bits per heavy atom. The first-order valence-electron chi connectivity index (χ1n) is 9.49. The standard InChI is InChI=1S/C26H25N/c1-2-19-26(24-11-5-3-6-12-24,25-13-7-4-8-14-25)20-9-10-22-15-17-23(21-27)18-16-22/h2-8,11-18H,1,9-10,19-20H2. The molecular formula is C26H25N. The molecule has 1 heteroatoms. The van der Waals surface area contributed by atoms with E-state index in [9.17, 15) is 0 Å². The van der Waals surface area contributed by atoms with E-state index in [4.69, 9.17) is 5.26 Å². The van der Waals surface area contributed by atoms with Gasteiger partial charge in [-0.2, -0.15) is 5.26 Å². The summed E-state index contributed by atoms with van der Waals surface area (Å²) < 4.78 is 0. The zero-order valence-electron chi connectivity index (χ0n) is 15.6. The predicted octanol–water partition coefficient (Wildman–Crippen LogP) is 6.44. The summed E-state index contributed by atoms with van der Waals surface area (Å²) in [5.74, 6) is 0. The van der Waals surface area contributed by atoms with Crippen LogP contribution in [0.25, 0.3) is 0 Å². The second-order valence-corrected chi connectivity index (χ2v) is 6.97. The van der Waals surface area contributed by atoms with Gasteiger partial charge in [-0.25, -0.2) is 0 Å². The van der Waals surface area contributed by atoms with Crippen LogP contribution < -0.4 is 0 Å². The lowest BCUT2D eigenvalue weighted by Gasteiger charge is -2.35. The topological polar surface area (TPSA) is 23.8 Å². The lowest BCUT2D eigenvalue weighted by atomic mass is 9.69. The Labute approximate surface area is 162 Å². The van der Waals surface area contributed by atoms with Crippen molar-refractivity contribution in [3.63, 3.8) is 0 Å². The summed E-state index contributed by atoms with van der Waals surface area (Å²) in [5, 5.41) is 8.96. The van der Waals surface area contributed by atoms with Crippen LogP contribution in [-0.2, 0) is 11.8 Å². The lowest BCUT2D eigenvalue weighted by Crippen LogP contribution is -2.27. The fourth-order valence-electron chi connectivity index (χ4n) is 3.89. The molecule has 0 heterocycles.